The van der Waals surface area contributed by atoms with E-state index in [0.29, 0.717) is 12.3 Å². The Bertz CT molecular complexity index is 938. The Morgan fingerprint density at radius 2 is 1.36 bits per heavy atom. The van der Waals surface area contributed by atoms with E-state index >= 15 is 0 Å². The molecule has 1 nitrogen and oxygen atoms in total. The molecule has 0 unspecified atom stereocenters. The quantitative estimate of drug-likeness (QED) is 0.315. The van der Waals surface area contributed by atoms with E-state index in [-0.39, 0.29) is 12.5 Å². The molecule has 2 saturated carbocycles. The molecule has 2 aliphatic carbocycles. The number of alkyl halides is 2. The third-order valence-corrected chi connectivity index (χ3v) is 8.87. The lowest BCUT2D eigenvalue weighted by Crippen LogP contribution is -2.22. The molecule has 2 aromatic carbocycles. The third kappa shape index (κ3) is 6.94. The molecule has 0 amide bonds. The van der Waals surface area contributed by atoms with Crippen LogP contribution >= 0.6 is 0 Å². The minimum absolute atomic E-state index is 0.156. The van der Waals surface area contributed by atoms with Crippen molar-refractivity contribution in [3.05, 3.63) is 70.5 Å². The van der Waals surface area contributed by atoms with Gasteiger partial charge in [0.25, 0.3) is 0 Å². The van der Waals surface area contributed by atoms with Crippen LogP contribution in [0.1, 0.15) is 119 Å². The zero-order valence-electron chi connectivity index (χ0n) is 22.1. The summed E-state index contributed by atoms with van der Waals surface area (Å²) in [7, 11) is 0. The molecule has 0 aromatic heterocycles. The van der Waals surface area contributed by atoms with E-state index in [1.807, 2.05) is 12.1 Å². The molecule has 0 saturated heterocycles. The van der Waals surface area contributed by atoms with Crippen molar-refractivity contribution in [2.45, 2.75) is 109 Å². The Morgan fingerprint density at radius 3 is 1.94 bits per heavy atom. The van der Waals surface area contributed by atoms with Gasteiger partial charge in [-0.2, -0.15) is 8.78 Å². The summed E-state index contributed by atoms with van der Waals surface area (Å²) in [5.74, 6) is 1.63. The zero-order valence-corrected chi connectivity index (χ0v) is 22.1. The van der Waals surface area contributed by atoms with Crippen LogP contribution in [0.2, 0.25) is 0 Å². The third-order valence-electron chi connectivity index (χ3n) is 8.87. The van der Waals surface area contributed by atoms with Crippen LogP contribution < -0.4 is 0 Å². The second kappa shape index (κ2) is 12.6. The molecule has 0 aliphatic heterocycles. The van der Waals surface area contributed by atoms with Crippen LogP contribution in [-0.2, 0) is 17.3 Å². The Balaban J connectivity index is 1.27. The van der Waals surface area contributed by atoms with Gasteiger partial charge in [0.1, 0.15) is 5.82 Å². The summed E-state index contributed by atoms with van der Waals surface area (Å²) in [4.78, 5) is 0. The Labute approximate surface area is 215 Å². The predicted molar refractivity (Wildman–Crippen MR) is 141 cm³/mol. The molecule has 4 heteroatoms. The Hall–Kier alpha value is -1.81. The molecule has 0 spiro atoms. The Kier molecular flexibility index (Phi) is 9.55. The van der Waals surface area contributed by atoms with Gasteiger partial charge in [-0.1, -0.05) is 63.4 Å². The highest BCUT2D eigenvalue weighted by atomic mass is 19.3. The van der Waals surface area contributed by atoms with E-state index in [1.165, 1.54) is 62.6 Å². The number of hydrogen-bond donors (Lipinski definition) is 0. The van der Waals surface area contributed by atoms with Gasteiger partial charge in [0, 0.05) is 0 Å². The molecule has 0 bridgehead atoms. The zero-order chi connectivity index (χ0) is 25.5. The van der Waals surface area contributed by atoms with Crippen molar-refractivity contribution < 1.29 is 17.9 Å². The normalized spacial score (nSPS) is 25.1. The number of rotatable bonds is 10. The van der Waals surface area contributed by atoms with Crippen molar-refractivity contribution in [2.24, 2.45) is 11.8 Å². The highest BCUT2D eigenvalue weighted by molar-refractivity contribution is 5.29. The fourth-order valence-corrected chi connectivity index (χ4v) is 6.45. The van der Waals surface area contributed by atoms with Gasteiger partial charge < -0.3 is 4.74 Å². The highest BCUT2D eigenvalue weighted by Gasteiger charge is 2.36. The van der Waals surface area contributed by atoms with Crippen molar-refractivity contribution in [1.82, 2.24) is 0 Å². The predicted octanol–water partition coefficient (Wildman–Crippen LogP) is 9.89. The molecule has 0 heterocycles. The van der Waals surface area contributed by atoms with E-state index in [2.05, 4.69) is 26.0 Å². The van der Waals surface area contributed by atoms with Gasteiger partial charge in [-0.3, -0.25) is 0 Å². The molecule has 198 valence electrons. The Morgan fingerprint density at radius 1 is 0.778 bits per heavy atom. The van der Waals surface area contributed by atoms with Gasteiger partial charge in [0.2, 0.25) is 0 Å². The number of halogens is 3. The molecule has 36 heavy (non-hydrogen) atoms. The molecule has 2 fully saturated rings. The van der Waals surface area contributed by atoms with Crippen LogP contribution in [0.15, 0.2) is 42.5 Å². The molecular formula is C32H43F3O. The molecular weight excluding hydrogens is 457 g/mol. The minimum atomic E-state index is -3.64. The summed E-state index contributed by atoms with van der Waals surface area (Å²) in [6.07, 6.45) is 9.87. The van der Waals surface area contributed by atoms with Crippen molar-refractivity contribution in [1.29, 1.82) is 0 Å². The molecule has 0 radical (unpaired) electrons. The van der Waals surface area contributed by atoms with Gasteiger partial charge in [0.05, 0.1) is 12.2 Å². The molecule has 4 rings (SSSR count). The van der Waals surface area contributed by atoms with Gasteiger partial charge in [-0.05, 0) is 110 Å². The summed E-state index contributed by atoms with van der Waals surface area (Å²) in [6, 6.07) is 12.5. The van der Waals surface area contributed by atoms with Crippen LogP contribution in [0, 0.1) is 17.7 Å². The largest absolute Gasteiger partial charge is 0.386 e. The monoisotopic (exact) mass is 500 g/mol. The first kappa shape index (κ1) is 27.2. The summed E-state index contributed by atoms with van der Waals surface area (Å²) in [5.41, 5.74) is 2.49. The maximum atomic E-state index is 14.7. The first-order valence-electron chi connectivity index (χ1n) is 14.3. The second-order valence-electron chi connectivity index (χ2n) is 11.2. The van der Waals surface area contributed by atoms with Crippen LogP contribution in [-0.4, -0.2) is 6.61 Å². The number of benzene rings is 2. The van der Waals surface area contributed by atoms with Crippen LogP contribution in [0.25, 0.3) is 0 Å². The molecule has 2 aromatic rings. The first-order chi connectivity index (χ1) is 17.4. The van der Waals surface area contributed by atoms with Crippen molar-refractivity contribution in [2.75, 3.05) is 6.61 Å². The minimum Gasteiger partial charge on any atom is -0.316 e. The smallest absolute Gasteiger partial charge is 0.316 e. The van der Waals surface area contributed by atoms with Crippen molar-refractivity contribution in [3.63, 3.8) is 0 Å². The van der Waals surface area contributed by atoms with E-state index in [4.69, 9.17) is 4.74 Å². The van der Waals surface area contributed by atoms with Crippen LogP contribution in [0.4, 0.5) is 13.2 Å². The van der Waals surface area contributed by atoms with Gasteiger partial charge >= 0.3 is 6.11 Å². The van der Waals surface area contributed by atoms with Crippen LogP contribution in [0.5, 0.6) is 0 Å². The maximum absolute atomic E-state index is 14.7. The lowest BCUT2D eigenvalue weighted by molar-refractivity contribution is -0.249. The van der Waals surface area contributed by atoms with E-state index in [0.717, 1.165) is 48.6 Å². The average molecular weight is 501 g/mol. The summed E-state index contributed by atoms with van der Waals surface area (Å²) < 4.78 is 49.1. The maximum Gasteiger partial charge on any atom is 0.386 e. The van der Waals surface area contributed by atoms with Gasteiger partial charge in [-0.25, -0.2) is 4.39 Å². The highest BCUT2D eigenvalue weighted by Crippen LogP contribution is 2.40. The SMILES string of the molecule is CCC[C@H]1CC[C@H](c2ccc(CCOC(F)(F)c3ccc([C@H]4CC[C@H](CC)CC4)cc3F)cc2)CC1. The lowest BCUT2D eigenvalue weighted by atomic mass is 9.77. The number of hydrogen-bond acceptors (Lipinski definition) is 1. The standard InChI is InChI=1S/C32H43F3O/c1-3-5-24-8-14-26(15-9-24)27-16-10-25(11-17-27)20-21-36-32(34,35)30-19-18-29(22-31(30)33)28-12-6-23(4-2)7-13-28/h10-11,16-19,22-24,26,28H,3-9,12-15,20-21H2,1-2H3/t23-,24-,26-,28-. The first-order valence-corrected chi connectivity index (χ1v) is 14.3. The van der Waals surface area contributed by atoms with E-state index in [1.54, 1.807) is 6.07 Å². The van der Waals surface area contributed by atoms with Crippen molar-refractivity contribution >= 4 is 0 Å². The van der Waals surface area contributed by atoms with E-state index < -0.39 is 17.5 Å². The van der Waals surface area contributed by atoms with Crippen LogP contribution in [0.3, 0.4) is 0 Å². The summed E-state index contributed by atoms with van der Waals surface area (Å²) in [5, 5.41) is 0. The fraction of sp³-hybridized carbons (Fsp3) is 0.625. The molecule has 0 N–H and O–H groups in total. The van der Waals surface area contributed by atoms with Gasteiger partial charge in [-0.15, -0.1) is 0 Å². The molecule has 2 aliphatic rings. The van der Waals surface area contributed by atoms with Gasteiger partial charge in [0.15, 0.2) is 0 Å². The average Bonchev–Trinajstić information content (AvgIpc) is 2.89. The summed E-state index contributed by atoms with van der Waals surface area (Å²) in [6.45, 7) is 4.31. The molecule has 0 atom stereocenters. The summed E-state index contributed by atoms with van der Waals surface area (Å²) >= 11 is 0. The second-order valence-corrected chi connectivity index (χ2v) is 11.2. The van der Waals surface area contributed by atoms with Crippen molar-refractivity contribution in [3.8, 4) is 0 Å². The lowest BCUT2D eigenvalue weighted by Gasteiger charge is -2.28. The van der Waals surface area contributed by atoms with E-state index in [9.17, 15) is 13.2 Å². The topological polar surface area (TPSA) is 9.23 Å². The number of ether oxygens (including phenoxy) is 1. The fourth-order valence-electron chi connectivity index (χ4n) is 6.45.